The van der Waals surface area contributed by atoms with E-state index < -0.39 is 23.7 Å². The minimum Gasteiger partial charge on any atom is -0.342 e. The molecular formula is C15H17F3N4O2S. The number of carbonyl (C=O) groups is 1. The first-order valence-corrected chi connectivity index (χ1v) is 8.73. The van der Waals surface area contributed by atoms with Crippen LogP contribution in [0.15, 0.2) is 21.6 Å². The fourth-order valence-corrected chi connectivity index (χ4v) is 3.65. The highest BCUT2D eigenvalue weighted by Gasteiger charge is 2.39. The van der Waals surface area contributed by atoms with Crippen molar-refractivity contribution >= 4 is 17.2 Å². The van der Waals surface area contributed by atoms with Crippen molar-refractivity contribution in [2.24, 2.45) is 7.05 Å². The van der Waals surface area contributed by atoms with Crippen LogP contribution in [0, 0.1) is 0 Å². The number of thiophene rings is 1. The van der Waals surface area contributed by atoms with Crippen molar-refractivity contribution in [1.82, 2.24) is 19.2 Å². The van der Waals surface area contributed by atoms with Crippen LogP contribution >= 0.6 is 11.3 Å². The standard InChI is InChI=1S/C15H17F3N4O2S/c1-20-13(15(16,17)18)19-22(14(20)24)11-2-5-21(6-3-11)12(23)8-10-4-7-25-9-10/h4,7,9,11H,2-3,5-6,8H2,1H3. The van der Waals surface area contributed by atoms with E-state index in [1.54, 1.807) is 4.90 Å². The number of amides is 1. The molecule has 3 heterocycles. The molecule has 2 aromatic rings. The van der Waals surface area contributed by atoms with Gasteiger partial charge in [0.2, 0.25) is 11.7 Å². The number of alkyl halides is 3. The van der Waals surface area contributed by atoms with E-state index in [0.717, 1.165) is 17.3 Å². The summed E-state index contributed by atoms with van der Waals surface area (Å²) in [7, 11) is 1.06. The number of likely N-dealkylation sites (tertiary alicyclic amines) is 1. The lowest BCUT2D eigenvalue weighted by molar-refractivity contribution is -0.147. The van der Waals surface area contributed by atoms with E-state index >= 15 is 0 Å². The predicted molar refractivity (Wildman–Crippen MR) is 85.3 cm³/mol. The van der Waals surface area contributed by atoms with E-state index in [1.807, 2.05) is 16.8 Å². The van der Waals surface area contributed by atoms with E-state index in [0.29, 0.717) is 36.9 Å². The van der Waals surface area contributed by atoms with Crippen LogP contribution in [0.1, 0.15) is 30.3 Å². The number of hydrogen-bond donors (Lipinski definition) is 0. The maximum atomic E-state index is 12.9. The van der Waals surface area contributed by atoms with Gasteiger partial charge in [-0.15, -0.1) is 5.10 Å². The Morgan fingerprint density at radius 3 is 2.56 bits per heavy atom. The molecule has 0 aliphatic carbocycles. The van der Waals surface area contributed by atoms with Crippen molar-refractivity contribution < 1.29 is 18.0 Å². The molecule has 6 nitrogen and oxygen atoms in total. The molecular weight excluding hydrogens is 357 g/mol. The average Bonchev–Trinajstić information content (AvgIpc) is 3.16. The summed E-state index contributed by atoms with van der Waals surface area (Å²) >= 11 is 1.52. The Bertz CT molecular complexity index is 802. The highest BCUT2D eigenvalue weighted by Crippen LogP contribution is 2.28. The largest absolute Gasteiger partial charge is 0.451 e. The number of aromatic nitrogens is 3. The molecule has 0 atom stereocenters. The Morgan fingerprint density at radius 1 is 1.36 bits per heavy atom. The summed E-state index contributed by atoms with van der Waals surface area (Å²) in [4.78, 5) is 26.0. The normalized spacial score (nSPS) is 16.4. The smallest absolute Gasteiger partial charge is 0.342 e. The van der Waals surface area contributed by atoms with Crippen LogP contribution < -0.4 is 5.69 Å². The van der Waals surface area contributed by atoms with Crippen molar-refractivity contribution in [3.05, 3.63) is 38.7 Å². The topological polar surface area (TPSA) is 60.1 Å². The first-order chi connectivity index (χ1) is 11.8. The molecule has 1 saturated heterocycles. The third kappa shape index (κ3) is 3.63. The van der Waals surface area contributed by atoms with E-state index in [9.17, 15) is 22.8 Å². The highest BCUT2D eigenvalue weighted by atomic mass is 32.1. The molecule has 2 aromatic heterocycles. The lowest BCUT2D eigenvalue weighted by Crippen LogP contribution is -2.41. The number of piperidine rings is 1. The zero-order chi connectivity index (χ0) is 18.2. The quantitative estimate of drug-likeness (QED) is 0.826. The van der Waals surface area contributed by atoms with Gasteiger partial charge in [-0.3, -0.25) is 9.36 Å². The van der Waals surface area contributed by atoms with Gasteiger partial charge in [0.05, 0.1) is 12.5 Å². The number of rotatable bonds is 3. The number of halogens is 3. The first kappa shape index (κ1) is 17.7. The van der Waals surface area contributed by atoms with E-state index in [1.165, 1.54) is 11.3 Å². The molecule has 0 bridgehead atoms. The van der Waals surface area contributed by atoms with E-state index in [4.69, 9.17) is 0 Å². The zero-order valence-corrected chi connectivity index (χ0v) is 14.3. The van der Waals surface area contributed by atoms with Gasteiger partial charge in [0.25, 0.3) is 0 Å². The summed E-state index contributed by atoms with van der Waals surface area (Å²) < 4.78 is 40.0. The van der Waals surface area contributed by atoms with Gasteiger partial charge in [0.1, 0.15) is 0 Å². The van der Waals surface area contributed by atoms with Crippen LogP contribution in [0.4, 0.5) is 13.2 Å². The summed E-state index contributed by atoms with van der Waals surface area (Å²) in [5.74, 6) is -1.21. The van der Waals surface area contributed by atoms with Gasteiger partial charge in [0, 0.05) is 20.1 Å². The van der Waals surface area contributed by atoms with Gasteiger partial charge in [-0.25, -0.2) is 9.48 Å². The highest BCUT2D eigenvalue weighted by molar-refractivity contribution is 7.07. The van der Waals surface area contributed by atoms with E-state index in [2.05, 4.69) is 5.10 Å². The second-order valence-corrected chi connectivity index (χ2v) is 6.81. The molecule has 3 rings (SSSR count). The van der Waals surface area contributed by atoms with Crippen LogP contribution in [-0.2, 0) is 24.4 Å². The van der Waals surface area contributed by atoms with Crippen molar-refractivity contribution in [1.29, 1.82) is 0 Å². The lowest BCUT2D eigenvalue weighted by atomic mass is 10.0. The molecule has 1 aliphatic heterocycles. The molecule has 1 amide bonds. The molecule has 1 aliphatic rings. The Morgan fingerprint density at radius 2 is 2.04 bits per heavy atom. The maximum absolute atomic E-state index is 12.9. The van der Waals surface area contributed by atoms with Gasteiger partial charge < -0.3 is 4.90 Å². The van der Waals surface area contributed by atoms with Crippen LogP contribution in [0.3, 0.4) is 0 Å². The molecule has 25 heavy (non-hydrogen) atoms. The predicted octanol–water partition coefficient (Wildman–Crippen LogP) is 2.07. The summed E-state index contributed by atoms with van der Waals surface area (Å²) in [5.41, 5.74) is 0.170. The number of nitrogens with zero attached hydrogens (tertiary/aromatic N) is 4. The second-order valence-electron chi connectivity index (χ2n) is 6.03. The summed E-state index contributed by atoms with van der Waals surface area (Å²) in [5, 5.41) is 7.29. The molecule has 0 spiro atoms. The lowest BCUT2D eigenvalue weighted by Gasteiger charge is -2.31. The Hall–Kier alpha value is -2.10. The number of carbonyl (C=O) groups excluding carboxylic acids is 1. The van der Waals surface area contributed by atoms with Gasteiger partial charge in [0.15, 0.2) is 0 Å². The van der Waals surface area contributed by atoms with Gasteiger partial charge in [-0.2, -0.15) is 24.5 Å². The molecule has 0 unspecified atom stereocenters. The monoisotopic (exact) mass is 374 g/mol. The third-order valence-corrected chi connectivity index (χ3v) is 5.09. The van der Waals surface area contributed by atoms with Crippen LogP contribution in [0.25, 0.3) is 0 Å². The maximum Gasteiger partial charge on any atom is 0.451 e. The Balaban J connectivity index is 1.67. The van der Waals surface area contributed by atoms with Gasteiger partial charge in [-0.1, -0.05) is 0 Å². The van der Waals surface area contributed by atoms with Crippen molar-refractivity contribution in [3.63, 3.8) is 0 Å². The average molecular weight is 374 g/mol. The van der Waals surface area contributed by atoms with Crippen molar-refractivity contribution in [2.45, 2.75) is 31.5 Å². The fourth-order valence-electron chi connectivity index (χ4n) is 2.98. The minimum atomic E-state index is -4.67. The first-order valence-electron chi connectivity index (χ1n) is 7.79. The van der Waals surface area contributed by atoms with Crippen LogP contribution in [0.2, 0.25) is 0 Å². The van der Waals surface area contributed by atoms with Crippen molar-refractivity contribution in [3.8, 4) is 0 Å². The third-order valence-electron chi connectivity index (χ3n) is 4.36. The van der Waals surface area contributed by atoms with Crippen LogP contribution in [0.5, 0.6) is 0 Å². The second kappa shape index (κ2) is 6.66. The SMILES string of the molecule is Cn1c(C(F)(F)F)nn(C2CCN(C(=O)Cc3ccsc3)CC2)c1=O. The summed E-state index contributed by atoms with van der Waals surface area (Å²) in [6.07, 6.45) is -3.54. The molecule has 136 valence electrons. The Labute approximate surface area is 145 Å². The molecule has 0 N–H and O–H groups in total. The van der Waals surface area contributed by atoms with E-state index in [-0.39, 0.29) is 5.91 Å². The fraction of sp³-hybridized carbons (Fsp3) is 0.533. The van der Waals surface area contributed by atoms with Gasteiger partial charge >= 0.3 is 11.9 Å². The summed E-state index contributed by atoms with van der Waals surface area (Å²) in [6, 6.07) is 1.46. The molecule has 0 saturated carbocycles. The summed E-state index contributed by atoms with van der Waals surface area (Å²) in [6.45, 7) is 0.802. The molecule has 10 heteroatoms. The van der Waals surface area contributed by atoms with Gasteiger partial charge in [-0.05, 0) is 35.2 Å². The molecule has 1 fully saturated rings. The molecule has 0 radical (unpaired) electrons. The van der Waals surface area contributed by atoms with Crippen LogP contribution in [-0.4, -0.2) is 38.2 Å². The minimum absolute atomic E-state index is 0.0128. The Kier molecular flexibility index (Phi) is 4.72. The molecule has 0 aromatic carbocycles. The zero-order valence-electron chi connectivity index (χ0n) is 13.5. The number of hydrogen-bond acceptors (Lipinski definition) is 4. The van der Waals surface area contributed by atoms with Crippen molar-refractivity contribution in [2.75, 3.05) is 13.1 Å².